The third kappa shape index (κ3) is 2.31. The first-order valence-electron chi connectivity index (χ1n) is 6.81. The fourth-order valence-electron chi connectivity index (χ4n) is 3.09. The molecule has 1 saturated carbocycles. The van der Waals surface area contributed by atoms with Gasteiger partial charge in [-0.1, -0.05) is 57.0 Å². The minimum atomic E-state index is 0.636. The van der Waals surface area contributed by atoms with Crippen molar-refractivity contribution in [2.45, 2.75) is 52.4 Å². The molecule has 0 saturated heterocycles. The fourth-order valence-corrected chi connectivity index (χ4v) is 3.09. The number of unbranched alkanes of at least 4 members (excludes halogenated alkanes) is 1. The van der Waals surface area contributed by atoms with Crippen LogP contribution in [-0.4, -0.2) is 0 Å². The van der Waals surface area contributed by atoms with Crippen molar-refractivity contribution in [3.05, 3.63) is 35.9 Å². The summed E-state index contributed by atoms with van der Waals surface area (Å²) >= 11 is 0. The van der Waals surface area contributed by atoms with Crippen LogP contribution in [0.15, 0.2) is 30.3 Å². The van der Waals surface area contributed by atoms with E-state index >= 15 is 0 Å². The highest BCUT2D eigenvalue weighted by Gasteiger charge is 2.42. The van der Waals surface area contributed by atoms with Crippen LogP contribution in [0.4, 0.5) is 0 Å². The van der Waals surface area contributed by atoms with E-state index in [1.54, 1.807) is 0 Å². The Morgan fingerprint density at radius 1 is 1.25 bits per heavy atom. The fraction of sp³-hybridized carbons (Fsp3) is 0.625. The predicted molar refractivity (Wildman–Crippen MR) is 70.5 cm³/mol. The Bertz CT molecular complexity index is 314. The van der Waals surface area contributed by atoms with Crippen molar-refractivity contribution in [3.8, 4) is 0 Å². The van der Waals surface area contributed by atoms with Crippen molar-refractivity contribution in [2.24, 2.45) is 11.3 Å². The van der Waals surface area contributed by atoms with Gasteiger partial charge in [-0.25, -0.2) is 0 Å². The molecule has 1 aromatic carbocycles. The summed E-state index contributed by atoms with van der Waals surface area (Å²) in [6.45, 7) is 4.75. The summed E-state index contributed by atoms with van der Waals surface area (Å²) in [5.74, 6) is 0.930. The monoisotopic (exact) mass is 216 g/mol. The molecule has 1 aliphatic carbocycles. The lowest BCUT2D eigenvalue weighted by Crippen LogP contribution is -2.40. The maximum Gasteiger partial charge on any atom is -0.0219 e. The summed E-state index contributed by atoms with van der Waals surface area (Å²) in [5, 5.41) is 0. The lowest BCUT2D eigenvalue weighted by atomic mass is 9.56. The Morgan fingerprint density at radius 3 is 2.50 bits per heavy atom. The molecule has 88 valence electrons. The highest BCUT2D eigenvalue weighted by atomic mass is 14.5. The molecule has 0 radical (unpaired) electrons. The Balaban J connectivity index is 2.03. The SMILES string of the molecule is CCCCC1(Cc2ccccc2)CCC1C. The molecule has 1 aliphatic rings. The molecule has 16 heavy (non-hydrogen) atoms. The van der Waals surface area contributed by atoms with E-state index in [1.807, 2.05) is 0 Å². The van der Waals surface area contributed by atoms with E-state index < -0.39 is 0 Å². The smallest absolute Gasteiger partial charge is 0.0219 e. The topological polar surface area (TPSA) is 0 Å². The van der Waals surface area contributed by atoms with Gasteiger partial charge in [0.2, 0.25) is 0 Å². The molecule has 0 aromatic heterocycles. The van der Waals surface area contributed by atoms with Gasteiger partial charge in [-0.15, -0.1) is 0 Å². The number of hydrogen-bond acceptors (Lipinski definition) is 0. The summed E-state index contributed by atoms with van der Waals surface area (Å²) in [7, 11) is 0. The number of rotatable bonds is 5. The minimum Gasteiger partial charge on any atom is -0.0654 e. The quantitative estimate of drug-likeness (QED) is 0.661. The van der Waals surface area contributed by atoms with Crippen molar-refractivity contribution in [1.29, 1.82) is 0 Å². The number of hydrogen-bond donors (Lipinski definition) is 0. The first-order valence-corrected chi connectivity index (χ1v) is 6.81. The molecule has 1 fully saturated rings. The van der Waals surface area contributed by atoms with E-state index in [4.69, 9.17) is 0 Å². The first-order chi connectivity index (χ1) is 7.77. The van der Waals surface area contributed by atoms with Crippen molar-refractivity contribution >= 4 is 0 Å². The van der Waals surface area contributed by atoms with Crippen LogP contribution in [0.5, 0.6) is 0 Å². The third-order valence-corrected chi connectivity index (χ3v) is 4.55. The second-order valence-corrected chi connectivity index (χ2v) is 5.57. The second kappa shape index (κ2) is 5.03. The summed E-state index contributed by atoms with van der Waals surface area (Å²) in [6, 6.07) is 11.0. The molecular formula is C16H24. The van der Waals surface area contributed by atoms with Gasteiger partial charge < -0.3 is 0 Å². The highest BCUT2D eigenvalue weighted by molar-refractivity contribution is 5.18. The average Bonchev–Trinajstić information content (AvgIpc) is 2.34. The maximum atomic E-state index is 2.45. The Morgan fingerprint density at radius 2 is 2.00 bits per heavy atom. The first kappa shape index (κ1) is 11.7. The average molecular weight is 216 g/mol. The lowest BCUT2D eigenvalue weighted by Gasteiger charge is -2.49. The van der Waals surface area contributed by atoms with Gasteiger partial charge >= 0.3 is 0 Å². The van der Waals surface area contributed by atoms with Crippen molar-refractivity contribution in [3.63, 3.8) is 0 Å². The molecule has 2 atom stereocenters. The van der Waals surface area contributed by atoms with E-state index in [-0.39, 0.29) is 0 Å². The van der Waals surface area contributed by atoms with Gasteiger partial charge in [0.15, 0.2) is 0 Å². The number of benzene rings is 1. The van der Waals surface area contributed by atoms with Crippen LogP contribution < -0.4 is 0 Å². The molecule has 0 amide bonds. The van der Waals surface area contributed by atoms with E-state index in [1.165, 1.54) is 44.1 Å². The molecule has 0 heteroatoms. The van der Waals surface area contributed by atoms with Gasteiger partial charge in [-0.3, -0.25) is 0 Å². The molecule has 0 heterocycles. The predicted octanol–water partition coefficient (Wildman–Crippen LogP) is 4.84. The zero-order chi connectivity index (χ0) is 11.4. The van der Waals surface area contributed by atoms with Crippen molar-refractivity contribution in [2.75, 3.05) is 0 Å². The summed E-state index contributed by atoms with van der Waals surface area (Å²) in [4.78, 5) is 0. The summed E-state index contributed by atoms with van der Waals surface area (Å²) in [5.41, 5.74) is 2.17. The highest BCUT2D eigenvalue weighted by Crippen LogP contribution is 2.52. The molecule has 2 unspecified atom stereocenters. The standard InChI is InChI=1S/C16H24/c1-3-4-11-16(12-10-14(16)2)13-15-8-6-5-7-9-15/h5-9,14H,3-4,10-13H2,1-2H3. The Labute approximate surface area is 100 Å². The van der Waals surface area contributed by atoms with Crippen LogP contribution in [0.3, 0.4) is 0 Å². The van der Waals surface area contributed by atoms with Crippen molar-refractivity contribution < 1.29 is 0 Å². The van der Waals surface area contributed by atoms with Gasteiger partial charge in [-0.05, 0) is 42.6 Å². The van der Waals surface area contributed by atoms with Crippen LogP contribution in [0.2, 0.25) is 0 Å². The molecule has 0 spiro atoms. The van der Waals surface area contributed by atoms with Crippen LogP contribution in [0.1, 0.15) is 51.5 Å². The summed E-state index contributed by atoms with van der Waals surface area (Å²) < 4.78 is 0. The Hall–Kier alpha value is -0.780. The van der Waals surface area contributed by atoms with Crippen LogP contribution >= 0.6 is 0 Å². The maximum absolute atomic E-state index is 2.45. The molecule has 1 aromatic rings. The van der Waals surface area contributed by atoms with Crippen LogP contribution in [0.25, 0.3) is 0 Å². The van der Waals surface area contributed by atoms with E-state index in [0.29, 0.717) is 5.41 Å². The van der Waals surface area contributed by atoms with E-state index in [9.17, 15) is 0 Å². The van der Waals surface area contributed by atoms with E-state index in [2.05, 4.69) is 44.2 Å². The minimum absolute atomic E-state index is 0.636. The molecule has 2 rings (SSSR count). The van der Waals surface area contributed by atoms with Crippen LogP contribution in [-0.2, 0) is 6.42 Å². The second-order valence-electron chi connectivity index (χ2n) is 5.57. The van der Waals surface area contributed by atoms with Crippen LogP contribution in [0, 0.1) is 11.3 Å². The van der Waals surface area contributed by atoms with E-state index in [0.717, 1.165) is 5.92 Å². The third-order valence-electron chi connectivity index (χ3n) is 4.55. The normalized spacial score (nSPS) is 28.8. The Kier molecular flexibility index (Phi) is 3.68. The van der Waals surface area contributed by atoms with Crippen molar-refractivity contribution in [1.82, 2.24) is 0 Å². The van der Waals surface area contributed by atoms with Gasteiger partial charge in [0.05, 0.1) is 0 Å². The molecular weight excluding hydrogens is 192 g/mol. The molecule has 0 aliphatic heterocycles. The zero-order valence-electron chi connectivity index (χ0n) is 10.7. The molecule has 0 nitrogen and oxygen atoms in total. The van der Waals surface area contributed by atoms with Gasteiger partial charge in [0, 0.05) is 0 Å². The molecule has 0 bridgehead atoms. The largest absolute Gasteiger partial charge is 0.0654 e. The van der Waals surface area contributed by atoms with Gasteiger partial charge in [0.25, 0.3) is 0 Å². The lowest BCUT2D eigenvalue weighted by molar-refractivity contribution is 0.0313. The zero-order valence-corrected chi connectivity index (χ0v) is 10.7. The molecule has 0 N–H and O–H groups in total. The summed E-state index contributed by atoms with van der Waals surface area (Å²) in [6.07, 6.45) is 8.36. The van der Waals surface area contributed by atoms with Gasteiger partial charge in [0.1, 0.15) is 0 Å². The van der Waals surface area contributed by atoms with Gasteiger partial charge in [-0.2, -0.15) is 0 Å².